The summed E-state index contributed by atoms with van der Waals surface area (Å²) in [5.74, 6) is -0.626. The molecule has 1 unspecified atom stereocenters. The van der Waals surface area contributed by atoms with Crippen LogP contribution in [0.5, 0.6) is 0 Å². The average Bonchev–Trinajstić information content (AvgIpc) is 3.47. The molecule has 0 radical (unpaired) electrons. The first kappa shape index (κ1) is 42.8. The van der Waals surface area contributed by atoms with E-state index in [1.54, 1.807) is 41.4 Å². The molecule has 3 N–H and O–H groups in total. The summed E-state index contributed by atoms with van der Waals surface area (Å²) >= 11 is 0. The SMILES string of the molecule is CCN(CC)c1ccc(NC(=O)Cc2cccc(C(=O)NCCN3CCCN(C(=O)OC(C)(C)C)CC3)c2)c(-c2cc(C(=O)NC3CCCc4ccccc43)ccn2)c1. The zero-order chi connectivity index (χ0) is 41.9. The van der Waals surface area contributed by atoms with Gasteiger partial charge < -0.3 is 30.5 Å². The molecule has 1 saturated heterocycles. The van der Waals surface area contributed by atoms with Gasteiger partial charge in [0.1, 0.15) is 5.60 Å². The molecular weight excluding hydrogens is 743 g/mol. The molecule has 4 aromatic rings. The molecule has 0 spiro atoms. The molecule has 2 heterocycles. The quantitative estimate of drug-likeness (QED) is 0.129. The first-order valence-electron chi connectivity index (χ1n) is 21.0. The molecule has 12 nitrogen and oxygen atoms in total. The molecule has 4 amide bonds. The minimum atomic E-state index is -0.537. The number of aromatic nitrogens is 1. The lowest BCUT2D eigenvalue weighted by Gasteiger charge is -2.26. The van der Waals surface area contributed by atoms with E-state index in [0.717, 1.165) is 51.0 Å². The van der Waals surface area contributed by atoms with Crippen molar-refractivity contribution in [2.24, 2.45) is 0 Å². The van der Waals surface area contributed by atoms with Gasteiger partial charge >= 0.3 is 6.09 Å². The van der Waals surface area contributed by atoms with Gasteiger partial charge in [-0.1, -0.05) is 36.4 Å². The molecule has 2 aliphatic rings. The highest BCUT2D eigenvalue weighted by molar-refractivity contribution is 5.99. The molecule has 1 aliphatic carbocycles. The maximum atomic E-state index is 13.7. The van der Waals surface area contributed by atoms with Crippen LogP contribution >= 0.6 is 0 Å². The van der Waals surface area contributed by atoms with Crippen molar-refractivity contribution in [3.63, 3.8) is 0 Å². The standard InChI is InChI=1S/C47H59N7O5/c1-6-53(7-2)37-19-20-41(39(32-37)42-31-36(21-22-48-42)45(57)51-40-18-11-15-34-14-8-9-17-38(34)40)50-43(55)30-33-13-10-16-35(29-33)44(56)49-23-26-52-24-12-25-54(28-27-52)46(58)59-47(3,4)5/h8-10,13-14,16-17,19-22,29,31-32,40H,6-7,11-12,15,18,23-28,30H2,1-5H3,(H,49,56)(H,50,55)(H,51,57). The van der Waals surface area contributed by atoms with E-state index in [0.29, 0.717) is 66.4 Å². The van der Waals surface area contributed by atoms with Crippen LogP contribution in [0.25, 0.3) is 11.3 Å². The molecule has 0 bridgehead atoms. The summed E-state index contributed by atoms with van der Waals surface area (Å²) in [6, 6.07) is 24.7. The van der Waals surface area contributed by atoms with Crippen LogP contribution in [0.1, 0.15) is 97.3 Å². The highest BCUT2D eigenvalue weighted by atomic mass is 16.6. The maximum Gasteiger partial charge on any atom is 0.410 e. The number of nitrogens with zero attached hydrogens (tertiary/aromatic N) is 4. The van der Waals surface area contributed by atoms with Gasteiger partial charge in [0.15, 0.2) is 0 Å². The number of anilines is 2. The molecule has 1 fully saturated rings. The normalized spacial score (nSPS) is 15.7. The highest BCUT2D eigenvalue weighted by Crippen LogP contribution is 2.33. The van der Waals surface area contributed by atoms with Crippen LogP contribution < -0.4 is 20.9 Å². The number of amides is 4. The lowest BCUT2D eigenvalue weighted by atomic mass is 9.87. The lowest BCUT2D eigenvalue weighted by Crippen LogP contribution is -2.40. The van der Waals surface area contributed by atoms with Gasteiger partial charge in [-0.25, -0.2) is 4.79 Å². The van der Waals surface area contributed by atoms with E-state index in [1.807, 2.05) is 57.2 Å². The smallest absolute Gasteiger partial charge is 0.410 e. The Hall–Kier alpha value is -5.75. The number of ether oxygens (including phenoxy) is 1. The largest absolute Gasteiger partial charge is 0.444 e. The Bertz CT molecular complexity index is 2110. The number of hydrogen-bond donors (Lipinski definition) is 3. The third kappa shape index (κ3) is 11.7. The number of hydrogen-bond acceptors (Lipinski definition) is 8. The number of fused-ring (bicyclic) bond motifs is 1. The summed E-state index contributed by atoms with van der Waals surface area (Å²) in [7, 11) is 0. The summed E-state index contributed by atoms with van der Waals surface area (Å²) in [6.45, 7) is 15.2. The summed E-state index contributed by atoms with van der Waals surface area (Å²) in [5, 5.41) is 9.36. The molecule has 3 aromatic carbocycles. The van der Waals surface area contributed by atoms with E-state index in [9.17, 15) is 19.2 Å². The summed E-state index contributed by atoms with van der Waals surface area (Å²) in [6.07, 6.45) is 5.14. The summed E-state index contributed by atoms with van der Waals surface area (Å²) < 4.78 is 5.54. The fraction of sp³-hybridized carbons (Fsp3) is 0.426. The Kier molecular flexibility index (Phi) is 14.4. The van der Waals surface area contributed by atoms with Crippen LogP contribution in [0.3, 0.4) is 0 Å². The third-order valence-electron chi connectivity index (χ3n) is 10.9. The van der Waals surface area contributed by atoms with Crippen molar-refractivity contribution < 1.29 is 23.9 Å². The fourth-order valence-corrected chi connectivity index (χ4v) is 7.84. The van der Waals surface area contributed by atoms with Crippen LogP contribution in [0, 0.1) is 0 Å². The minimum absolute atomic E-state index is 0.0546. The molecule has 1 atom stereocenters. The zero-order valence-corrected chi connectivity index (χ0v) is 35.2. The third-order valence-corrected chi connectivity index (χ3v) is 10.9. The average molecular weight is 802 g/mol. The first-order chi connectivity index (χ1) is 28.4. The fourth-order valence-electron chi connectivity index (χ4n) is 7.84. The van der Waals surface area contributed by atoms with Crippen molar-refractivity contribution in [3.05, 3.63) is 113 Å². The van der Waals surface area contributed by atoms with Crippen LogP contribution in [0.4, 0.5) is 16.2 Å². The van der Waals surface area contributed by atoms with E-state index < -0.39 is 5.60 Å². The van der Waals surface area contributed by atoms with Gasteiger partial charge in [0.05, 0.1) is 23.8 Å². The summed E-state index contributed by atoms with van der Waals surface area (Å²) in [4.78, 5) is 63.9. The van der Waals surface area contributed by atoms with E-state index in [1.165, 1.54) is 11.1 Å². The molecule has 1 aliphatic heterocycles. The van der Waals surface area contributed by atoms with Gasteiger partial charge in [-0.15, -0.1) is 0 Å². The monoisotopic (exact) mass is 801 g/mol. The highest BCUT2D eigenvalue weighted by Gasteiger charge is 2.25. The number of rotatable bonds is 13. The van der Waals surface area contributed by atoms with Gasteiger partial charge in [-0.2, -0.15) is 0 Å². The van der Waals surface area contributed by atoms with E-state index in [4.69, 9.17) is 4.74 Å². The Morgan fingerprint density at radius 3 is 2.44 bits per heavy atom. The second-order valence-electron chi connectivity index (χ2n) is 16.3. The number of carbonyl (C=O) groups is 4. The Balaban J connectivity index is 1.09. The molecule has 6 rings (SSSR count). The molecule has 1 aromatic heterocycles. The first-order valence-corrected chi connectivity index (χ1v) is 21.0. The maximum absolute atomic E-state index is 13.7. The predicted molar refractivity (Wildman–Crippen MR) is 233 cm³/mol. The molecule has 12 heteroatoms. The number of nitrogens with one attached hydrogen (secondary N) is 3. The molecule has 0 saturated carbocycles. The second kappa shape index (κ2) is 19.8. The van der Waals surface area contributed by atoms with Gasteiger partial charge in [-0.3, -0.25) is 24.3 Å². The molecule has 59 heavy (non-hydrogen) atoms. The van der Waals surface area contributed by atoms with Gasteiger partial charge in [0.25, 0.3) is 11.8 Å². The lowest BCUT2D eigenvalue weighted by molar-refractivity contribution is -0.115. The van der Waals surface area contributed by atoms with Gasteiger partial charge in [0.2, 0.25) is 5.91 Å². The van der Waals surface area contributed by atoms with E-state index >= 15 is 0 Å². The zero-order valence-electron chi connectivity index (χ0n) is 35.2. The number of aryl methyl sites for hydroxylation is 1. The Morgan fingerprint density at radius 1 is 0.847 bits per heavy atom. The Morgan fingerprint density at radius 2 is 1.64 bits per heavy atom. The van der Waals surface area contributed by atoms with Gasteiger partial charge in [-0.05, 0) is 126 Å². The van der Waals surface area contributed by atoms with Crippen LogP contribution in [-0.2, 0) is 22.4 Å². The second-order valence-corrected chi connectivity index (χ2v) is 16.3. The van der Waals surface area contributed by atoms with E-state index in [2.05, 4.69) is 56.7 Å². The van der Waals surface area contributed by atoms with E-state index in [-0.39, 0.29) is 36.3 Å². The molecular formula is C47H59N7O5. The van der Waals surface area contributed by atoms with Crippen molar-refractivity contribution in [3.8, 4) is 11.3 Å². The predicted octanol–water partition coefficient (Wildman–Crippen LogP) is 7.26. The van der Waals surface area contributed by atoms with Crippen LogP contribution in [0.2, 0.25) is 0 Å². The number of carbonyl (C=O) groups excluding carboxylic acids is 4. The van der Waals surface area contributed by atoms with Crippen molar-refractivity contribution in [1.29, 1.82) is 0 Å². The van der Waals surface area contributed by atoms with Crippen molar-refractivity contribution in [2.75, 3.05) is 62.6 Å². The molecule has 312 valence electrons. The topological polar surface area (TPSA) is 136 Å². The van der Waals surface area contributed by atoms with Crippen molar-refractivity contribution in [2.45, 2.75) is 78.4 Å². The van der Waals surface area contributed by atoms with Crippen LogP contribution in [-0.4, -0.2) is 96.6 Å². The van der Waals surface area contributed by atoms with Crippen molar-refractivity contribution in [1.82, 2.24) is 25.4 Å². The number of pyridine rings is 1. The number of benzene rings is 3. The minimum Gasteiger partial charge on any atom is -0.444 e. The van der Waals surface area contributed by atoms with Gasteiger partial charge in [0, 0.05) is 74.4 Å². The summed E-state index contributed by atoms with van der Waals surface area (Å²) in [5.41, 5.74) is 6.42. The Labute approximate surface area is 348 Å². The van der Waals surface area contributed by atoms with Crippen molar-refractivity contribution >= 4 is 35.2 Å². The van der Waals surface area contributed by atoms with Crippen LogP contribution in [0.15, 0.2) is 85.1 Å².